The van der Waals surface area contributed by atoms with Crippen molar-refractivity contribution in [3.05, 3.63) is 52.6 Å². The monoisotopic (exact) mass is 305 g/mol. The molecule has 1 aromatic heterocycles. The molecule has 1 N–H and O–H groups in total. The van der Waals surface area contributed by atoms with Crippen LogP contribution in [0.3, 0.4) is 0 Å². The van der Waals surface area contributed by atoms with Crippen LogP contribution in [0.2, 0.25) is 5.02 Å². The number of aromatic nitrogens is 2. The van der Waals surface area contributed by atoms with Crippen LogP contribution in [0.15, 0.2) is 30.6 Å². The maximum atomic E-state index is 6.14. The Bertz CT molecular complexity index is 587. The zero-order valence-electron chi connectivity index (χ0n) is 12.6. The highest BCUT2D eigenvalue weighted by molar-refractivity contribution is 6.30. The first-order chi connectivity index (χ1) is 10.2. The number of hydrogen-bond donors (Lipinski definition) is 1. The number of hydrogen-bond acceptors (Lipinski definition) is 4. The van der Waals surface area contributed by atoms with E-state index in [-0.39, 0.29) is 6.04 Å². The Kier molecular flexibility index (Phi) is 5.53. The molecule has 4 nitrogen and oxygen atoms in total. The molecule has 0 saturated carbocycles. The van der Waals surface area contributed by atoms with Crippen LogP contribution in [0.4, 0.5) is 0 Å². The molecule has 0 aliphatic carbocycles. The predicted octanol–water partition coefficient (Wildman–Crippen LogP) is 3.54. The van der Waals surface area contributed by atoms with E-state index in [1.807, 2.05) is 37.5 Å². The lowest BCUT2D eigenvalue weighted by Crippen LogP contribution is -2.25. The highest BCUT2D eigenvalue weighted by Crippen LogP contribution is 2.31. The fourth-order valence-corrected chi connectivity index (χ4v) is 2.29. The summed E-state index contributed by atoms with van der Waals surface area (Å²) in [7, 11) is 1.65. The van der Waals surface area contributed by atoms with Gasteiger partial charge in [0.05, 0.1) is 13.2 Å². The van der Waals surface area contributed by atoms with Gasteiger partial charge in [0.2, 0.25) is 0 Å². The quantitative estimate of drug-likeness (QED) is 0.887. The minimum Gasteiger partial charge on any atom is -0.496 e. The highest BCUT2D eigenvalue weighted by Gasteiger charge is 2.20. The normalized spacial score (nSPS) is 12.2. The van der Waals surface area contributed by atoms with Crippen molar-refractivity contribution in [2.75, 3.05) is 13.7 Å². The summed E-state index contributed by atoms with van der Waals surface area (Å²) in [5.74, 6) is 1.49. The van der Waals surface area contributed by atoms with Crippen LogP contribution in [0.1, 0.15) is 36.3 Å². The minimum atomic E-state index is -0.140. The second-order valence-electron chi connectivity index (χ2n) is 4.89. The Labute approximate surface area is 130 Å². The van der Waals surface area contributed by atoms with Crippen molar-refractivity contribution >= 4 is 11.6 Å². The van der Waals surface area contributed by atoms with E-state index in [4.69, 9.17) is 16.3 Å². The van der Waals surface area contributed by atoms with Crippen LogP contribution >= 0.6 is 11.6 Å². The first kappa shape index (κ1) is 15.7. The van der Waals surface area contributed by atoms with Crippen molar-refractivity contribution in [2.24, 2.45) is 0 Å². The topological polar surface area (TPSA) is 47.0 Å². The smallest absolute Gasteiger partial charge is 0.149 e. The van der Waals surface area contributed by atoms with E-state index in [1.54, 1.807) is 7.11 Å². The number of rotatable bonds is 6. The fraction of sp³-hybridized carbons (Fsp3) is 0.375. The summed E-state index contributed by atoms with van der Waals surface area (Å²) in [6.07, 6.45) is 4.66. The number of halogens is 1. The molecule has 0 fully saturated rings. The van der Waals surface area contributed by atoms with Gasteiger partial charge in [0.1, 0.15) is 11.6 Å². The number of methoxy groups -OCH3 is 1. The molecule has 21 heavy (non-hydrogen) atoms. The third-order valence-corrected chi connectivity index (χ3v) is 3.40. The Morgan fingerprint density at radius 1 is 1.29 bits per heavy atom. The molecule has 0 aliphatic heterocycles. The highest BCUT2D eigenvalue weighted by atomic mass is 35.5. The summed E-state index contributed by atoms with van der Waals surface area (Å²) in [4.78, 5) is 8.88. The van der Waals surface area contributed by atoms with Crippen LogP contribution in [0, 0.1) is 6.92 Å². The van der Waals surface area contributed by atoms with E-state index < -0.39 is 0 Å². The number of aryl methyl sites for hydroxylation is 1. The fourth-order valence-electron chi connectivity index (χ4n) is 2.11. The predicted molar refractivity (Wildman–Crippen MR) is 84.9 cm³/mol. The molecule has 0 bridgehead atoms. The standard InChI is InChI=1S/C16H20ClN3O/c1-4-7-18-15(16-19-9-11(2)10-20-16)13-8-12(17)5-6-14(13)21-3/h5-6,8-10,15,18H,4,7H2,1-3H3. The van der Waals surface area contributed by atoms with E-state index in [0.29, 0.717) is 5.02 Å². The van der Waals surface area contributed by atoms with Gasteiger partial charge in [-0.1, -0.05) is 18.5 Å². The molecule has 2 aromatic rings. The molecule has 1 aromatic carbocycles. The third kappa shape index (κ3) is 3.93. The van der Waals surface area contributed by atoms with Crippen molar-refractivity contribution in [1.29, 1.82) is 0 Å². The average Bonchev–Trinajstić information content (AvgIpc) is 2.49. The number of ether oxygens (including phenoxy) is 1. The van der Waals surface area contributed by atoms with E-state index in [1.165, 1.54) is 0 Å². The largest absolute Gasteiger partial charge is 0.496 e. The van der Waals surface area contributed by atoms with E-state index in [9.17, 15) is 0 Å². The van der Waals surface area contributed by atoms with Crippen molar-refractivity contribution in [2.45, 2.75) is 26.3 Å². The summed E-state index contributed by atoms with van der Waals surface area (Å²) in [5, 5.41) is 4.13. The van der Waals surface area contributed by atoms with Crippen molar-refractivity contribution in [1.82, 2.24) is 15.3 Å². The molecule has 0 spiro atoms. The van der Waals surface area contributed by atoms with Gasteiger partial charge in [-0.25, -0.2) is 9.97 Å². The molecule has 112 valence electrons. The first-order valence-corrected chi connectivity index (χ1v) is 7.39. The molecule has 5 heteroatoms. The van der Waals surface area contributed by atoms with Crippen molar-refractivity contribution < 1.29 is 4.74 Å². The van der Waals surface area contributed by atoms with Gasteiger partial charge in [-0.05, 0) is 43.7 Å². The van der Waals surface area contributed by atoms with Gasteiger partial charge in [-0.15, -0.1) is 0 Å². The third-order valence-electron chi connectivity index (χ3n) is 3.16. The summed E-state index contributed by atoms with van der Waals surface area (Å²) in [5.41, 5.74) is 1.98. The first-order valence-electron chi connectivity index (χ1n) is 7.01. The molecular weight excluding hydrogens is 286 g/mol. The van der Waals surface area contributed by atoms with Crippen LogP contribution in [-0.4, -0.2) is 23.6 Å². The Morgan fingerprint density at radius 2 is 2.00 bits per heavy atom. The summed E-state index contributed by atoms with van der Waals surface area (Å²) < 4.78 is 5.45. The Balaban J connectivity index is 2.44. The lowest BCUT2D eigenvalue weighted by Gasteiger charge is -2.20. The van der Waals surface area contributed by atoms with Crippen LogP contribution < -0.4 is 10.1 Å². The van der Waals surface area contributed by atoms with Gasteiger partial charge in [0, 0.05) is 23.0 Å². The summed E-state index contributed by atoms with van der Waals surface area (Å²) in [6.45, 7) is 4.95. The zero-order chi connectivity index (χ0) is 15.2. The van der Waals surface area contributed by atoms with E-state index in [2.05, 4.69) is 22.2 Å². The molecule has 1 heterocycles. The summed E-state index contributed by atoms with van der Waals surface area (Å²) >= 11 is 6.14. The Hall–Kier alpha value is -1.65. The number of benzene rings is 1. The molecule has 1 atom stereocenters. The molecule has 1 unspecified atom stereocenters. The number of nitrogens with zero attached hydrogens (tertiary/aromatic N) is 2. The molecular formula is C16H20ClN3O. The van der Waals surface area contributed by atoms with Gasteiger partial charge in [0.25, 0.3) is 0 Å². The lowest BCUT2D eigenvalue weighted by molar-refractivity contribution is 0.402. The lowest BCUT2D eigenvalue weighted by atomic mass is 10.0. The maximum absolute atomic E-state index is 6.14. The van der Waals surface area contributed by atoms with Crippen LogP contribution in [0.25, 0.3) is 0 Å². The summed E-state index contributed by atoms with van der Waals surface area (Å²) in [6, 6.07) is 5.44. The second-order valence-corrected chi connectivity index (χ2v) is 5.33. The van der Waals surface area contributed by atoms with Gasteiger partial charge in [0.15, 0.2) is 0 Å². The molecule has 2 rings (SSSR count). The zero-order valence-corrected chi connectivity index (χ0v) is 13.3. The molecule has 0 aliphatic rings. The maximum Gasteiger partial charge on any atom is 0.149 e. The van der Waals surface area contributed by atoms with Gasteiger partial charge < -0.3 is 10.1 Å². The SMILES string of the molecule is CCCNC(c1ncc(C)cn1)c1cc(Cl)ccc1OC. The number of nitrogens with one attached hydrogen (secondary N) is 1. The van der Waals surface area contributed by atoms with Crippen molar-refractivity contribution in [3.8, 4) is 5.75 Å². The minimum absolute atomic E-state index is 0.140. The molecule has 0 amide bonds. The van der Waals surface area contributed by atoms with Gasteiger partial charge in [-0.2, -0.15) is 0 Å². The average molecular weight is 306 g/mol. The van der Waals surface area contributed by atoms with Gasteiger partial charge in [-0.3, -0.25) is 0 Å². The van der Waals surface area contributed by atoms with Gasteiger partial charge >= 0.3 is 0 Å². The van der Waals surface area contributed by atoms with Crippen LogP contribution in [0.5, 0.6) is 5.75 Å². The van der Waals surface area contributed by atoms with E-state index >= 15 is 0 Å². The molecule has 0 radical (unpaired) electrons. The van der Waals surface area contributed by atoms with Crippen molar-refractivity contribution in [3.63, 3.8) is 0 Å². The van der Waals surface area contributed by atoms with Crippen LogP contribution in [-0.2, 0) is 0 Å². The molecule has 0 saturated heterocycles. The van der Waals surface area contributed by atoms with E-state index in [0.717, 1.165) is 35.7 Å². The Morgan fingerprint density at radius 3 is 2.62 bits per heavy atom. The second kappa shape index (κ2) is 7.38.